The molecule has 1 aliphatic rings. The maximum atomic E-state index is 12.5. The number of benzene rings is 1. The van der Waals surface area contributed by atoms with Crippen LogP contribution in [0.5, 0.6) is 0 Å². The molecule has 1 N–H and O–H groups in total. The molecule has 0 aromatic heterocycles. The summed E-state index contributed by atoms with van der Waals surface area (Å²) in [7, 11) is -3.32. The summed E-state index contributed by atoms with van der Waals surface area (Å²) >= 11 is 0. The van der Waals surface area contributed by atoms with E-state index in [0.29, 0.717) is 23.9 Å². The molecule has 5 heteroatoms. The first-order valence-corrected chi connectivity index (χ1v) is 8.82. The van der Waals surface area contributed by atoms with Crippen LogP contribution in [-0.2, 0) is 10.0 Å². The lowest BCUT2D eigenvalue weighted by molar-refractivity contribution is 0.288. The zero-order valence-electron chi connectivity index (χ0n) is 12.3. The molecular weight excluding hydrogens is 272 g/mol. The Morgan fingerprint density at radius 1 is 1.20 bits per heavy atom. The van der Waals surface area contributed by atoms with Gasteiger partial charge in [-0.25, -0.2) is 8.42 Å². The molecule has 112 valence electrons. The molecule has 0 atom stereocenters. The molecule has 2 rings (SSSR count). The number of hydrogen-bond donors (Lipinski definition) is 1. The maximum Gasteiger partial charge on any atom is 0.243 e. The smallest absolute Gasteiger partial charge is 0.243 e. The number of rotatable bonds is 5. The van der Waals surface area contributed by atoms with Crippen molar-refractivity contribution >= 4 is 15.7 Å². The van der Waals surface area contributed by atoms with Gasteiger partial charge in [0.25, 0.3) is 0 Å². The molecule has 0 aliphatic carbocycles. The highest BCUT2D eigenvalue weighted by atomic mass is 32.2. The quantitative estimate of drug-likeness (QED) is 0.909. The Morgan fingerprint density at radius 2 is 1.80 bits per heavy atom. The van der Waals surface area contributed by atoms with Crippen molar-refractivity contribution in [3.63, 3.8) is 0 Å². The van der Waals surface area contributed by atoms with E-state index in [9.17, 15) is 8.42 Å². The third kappa shape index (κ3) is 3.52. The lowest BCUT2D eigenvalue weighted by Gasteiger charge is -2.29. The van der Waals surface area contributed by atoms with Crippen molar-refractivity contribution in [3.05, 3.63) is 24.3 Å². The average Bonchev–Trinajstić information content (AvgIpc) is 2.46. The fraction of sp³-hybridized carbons (Fsp3) is 0.600. The minimum atomic E-state index is -3.32. The molecule has 20 heavy (non-hydrogen) atoms. The summed E-state index contributed by atoms with van der Waals surface area (Å²) in [5, 5.41) is 3.25. The first-order chi connectivity index (χ1) is 9.54. The first-order valence-electron chi connectivity index (χ1n) is 7.38. The SMILES string of the molecule is CCCNc1ccc(S(=O)(=O)N2CCC(C)CC2)cc1. The van der Waals surface area contributed by atoms with Crippen molar-refractivity contribution in [2.24, 2.45) is 5.92 Å². The van der Waals surface area contributed by atoms with E-state index in [4.69, 9.17) is 0 Å². The van der Waals surface area contributed by atoms with Crippen LogP contribution in [-0.4, -0.2) is 32.4 Å². The zero-order chi connectivity index (χ0) is 14.6. The third-order valence-corrected chi connectivity index (χ3v) is 5.73. The molecule has 1 aliphatic heterocycles. The second kappa shape index (κ2) is 6.59. The topological polar surface area (TPSA) is 49.4 Å². The lowest BCUT2D eigenvalue weighted by Crippen LogP contribution is -2.37. The van der Waals surface area contributed by atoms with Crippen LogP contribution in [0.3, 0.4) is 0 Å². The van der Waals surface area contributed by atoms with Crippen molar-refractivity contribution in [1.82, 2.24) is 4.31 Å². The van der Waals surface area contributed by atoms with Gasteiger partial charge in [-0.1, -0.05) is 13.8 Å². The number of nitrogens with one attached hydrogen (secondary N) is 1. The number of piperidine rings is 1. The Hall–Kier alpha value is -1.07. The molecule has 0 unspecified atom stereocenters. The predicted molar refractivity (Wildman–Crippen MR) is 82.4 cm³/mol. The molecule has 1 fully saturated rings. The number of nitrogens with zero attached hydrogens (tertiary/aromatic N) is 1. The molecular formula is C15H24N2O2S. The van der Waals surface area contributed by atoms with Crippen molar-refractivity contribution in [3.8, 4) is 0 Å². The Labute approximate surface area is 122 Å². The van der Waals surface area contributed by atoms with Gasteiger partial charge in [0.2, 0.25) is 10.0 Å². The summed E-state index contributed by atoms with van der Waals surface area (Å²) in [4.78, 5) is 0.397. The van der Waals surface area contributed by atoms with Gasteiger partial charge in [-0.2, -0.15) is 4.31 Å². The summed E-state index contributed by atoms with van der Waals surface area (Å²) in [6.45, 7) is 6.45. The van der Waals surface area contributed by atoms with Crippen LogP contribution in [0.1, 0.15) is 33.1 Å². The lowest BCUT2D eigenvalue weighted by atomic mass is 10.0. The van der Waals surface area contributed by atoms with Crippen molar-refractivity contribution in [1.29, 1.82) is 0 Å². The van der Waals surface area contributed by atoms with E-state index in [-0.39, 0.29) is 0 Å². The highest BCUT2D eigenvalue weighted by Gasteiger charge is 2.27. The molecule has 0 radical (unpaired) electrons. The van der Waals surface area contributed by atoms with Gasteiger partial charge >= 0.3 is 0 Å². The second-order valence-corrected chi connectivity index (χ2v) is 7.48. The Balaban J connectivity index is 2.09. The first kappa shape index (κ1) is 15.3. The summed E-state index contributed by atoms with van der Waals surface area (Å²) in [6.07, 6.45) is 2.96. The summed E-state index contributed by atoms with van der Waals surface area (Å²) in [6, 6.07) is 7.08. The van der Waals surface area contributed by atoms with E-state index in [1.807, 2.05) is 12.1 Å². The summed E-state index contributed by atoms with van der Waals surface area (Å²) in [5.41, 5.74) is 0.970. The van der Waals surface area contributed by atoms with Crippen LogP contribution in [0.2, 0.25) is 0 Å². The molecule has 0 amide bonds. The normalized spacial score (nSPS) is 18.1. The highest BCUT2D eigenvalue weighted by molar-refractivity contribution is 7.89. The van der Waals surface area contributed by atoms with Crippen LogP contribution in [0.15, 0.2) is 29.2 Å². The fourth-order valence-electron chi connectivity index (χ4n) is 2.39. The van der Waals surface area contributed by atoms with Gasteiger partial charge in [0.1, 0.15) is 0 Å². The van der Waals surface area contributed by atoms with Crippen LogP contribution in [0.25, 0.3) is 0 Å². The van der Waals surface area contributed by atoms with Crippen LogP contribution >= 0.6 is 0 Å². The number of anilines is 1. The van der Waals surface area contributed by atoms with Gasteiger partial charge in [-0.05, 0) is 49.4 Å². The number of sulfonamides is 1. The van der Waals surface area contributed by atoms with Gasteiger partial charge < -0.3 is 5.32 Å². The standard InChI is InChI=1S/C15H24N2O2S/c1-3-10-16-14-4-6-15(7-5-14)20(18,19)17-11-8-13(2)9-12-17/h4-7,13,16H,3,8-12H2,1-2H3. The Kier molecular flexibility index (Phi) is 5.05. The minimum absolute atomic E-state index is 0.397. The predicted octanol–water partition coefficient (Wildman–Crippen LogP) is 2.93. The molecule has 0 saturated carbocycles. The van der Waals surface area contributed by atoms with E-state index in [2.05, 4.69) is 19.2 Å². The van der Waals surface area contributed by atoms with Crippen LogP contribution in [0.4, 0.5) is 5.69 Å². The molecule has 1 aromatic carbocycles. The van der Waals surface area contributed by atoms with Gasteiger partial charge in [-0.3, -0.25) is 0 Å². The van der Waals surface area contributed by atoms with E-state index < -0.39 is 10.0 Å². The third-order valence-electron chi connectivity index (χ3n) is 3.81. The molecule has 1 heterocycles. The van der Waals surface area contributed by atoms with Crippen molar-refractivity contribution in [2.75, 3.05) is 25.0 Å². The highest BCUT2D eigenvalue weighted by Crippen LogP contribution is 2.24. The maximum absolute atomic E-state index is 12.5. The van der Waals surface area contributed by atoms with E-state index in [1.54, 1.807) is 16.4 Å². The van der Waals surface area contributed by atoms with Gasteiger partial charge in [0.15, 0.2) is 0 Å². The van der Waals surface area contributed by atoms with Crippen molar-refractivity contribution in [2.45, 2.75) is 38.0 Å². The minimum Gasteiger partial charge on any atom is -0.385 e. The summed E-state index contributed by atoms with van der Waals surface area (Å²) in [5.74, 6) is 0.627. The van der Waals surface area contributed by atoms with Crippen molar-refractivity contribution < 1.29 is 8.42 Å². The van der Waals surface area contributed by atoms with Gasteiger partial charge in [0, 0.05) is 25.3 Å². The second-order valence-electron chi connectivity index (χ2n) is 5.54. The van der Waals surface area contributed by atoms with E-state index in [0.717, 1.165) is 31.5 Å². The molecule has 0 spiro atoms. The summed E-state index contributed by atoms with van der Waals surface area (Å²) < 4.78 is 26.7. The molecule has 0 bridgehead atoms. The Morgan fingerprint density at radius 3 is 2.35 bits per heavy atom. The van der Waals surface area contributed by atoms with Crippen LogP contribution < -0.4 is 5.32 Å². The molecule has 1 aromatic rings. The largest absolute Gasteiger partial charge is 0.385 e. The monoisotopic (exact) mass is 296 g/mol. The molecule has 1 saturated heterocycles. The van der Waals surface area contributed by atoms with E-state index in [1.165, 1.54) is 0 Å². The average molecular weight is 296 g/mol. The number of hydrogen-bond acceptors (Lipinski definition) is 3. The molecule has 4 nitrogen and oxygen atoms in total. The Bertz CT molecular complexity index is 517. The van der Waals surface area contributed by atoms with Gasteiger partial charge in [0.05, 0.1) is 4.90 Å². The zero-order valence-corrected chi connectivity index (χ0v) is 13.1. The van der Waals surface area contributed by atoms with Gasteiger partial charge in [-0.15, -0.1) is 0 Å². The van der Waals surface area contributed by atoms with E-state index >= 15 is 0 Å². The van der Waals surface area contributed by atoms with Crippen LogP contribution in [0, 0.1) is 5.92 Å². The fourth-order valence-corrected chi connectivity index (χ4v) is 3.86.